The van der Waals surface area contributed by atoms with Crippen LogP contribution in [-0.4, -0.2) is 5.11 Å². The topological polar surface area (TPSA) is 49.7 Å². The van der Waals surface area contributed by atoms with Gasteiger partial charge in [-0.3, -0.25) is 0 Å². The van der Waals surface area contributed by atoms with Crippen LogP contribution in [0.1, 0.15) is 29.2 Å². The van der Waals surface area contributed by atoms with Crippen LogP contribution >= 0.6 is 0 Å². The number of nitroso groups, excluding NO2 is 1. The molecule has 1 N–H and O–H groups in total. The fourth-order valence-corrected chi connectivity index (χ4v) is 2.80. The lowest BCUT2D eigenvalue weighted by Crippen LogP contribution is -2.00. The number of allylic oxidation sites excluding steroid dienone is 2. The van der Waals surface area contributed by atoms with Gasteiger partial charge in [-0.05, 0) is 76.2 Å². The number of aromatic hydroxyl groups is 1. The van der Waals surface area contributed by atoms with Crippen LogP contribution in [0.15, 0.2) is 48.2 Å². The smallest absolute Gasteiger partial charge is 0.116 e. The van der Waals surface area contributed by atoms with Gasteiger partial charge in [0.15, 0.2) is 0 Å². The van der Waals surface area contributed by atoms with E-state index in [9.17, 15) is 10.0 Å². The summed E-state index contributed by atoms with van der Waals surface area (Å²) in [5, 5.41) is 12.7. The molecule has 3 rings (SSSR count). The number of phenolic OH excluding ortho intramolecular Hbond substituents is 1. The molecule has 0 heterocycles. The fourth-order valence-electron chi connectivity index (χ4n) is 2.80. The van der Waals surface area contributed by atoms with E-state index in [0.717, 1.165) is 33.4 Å². The summed E-state index contributed by atoms with van der Waals surface area (Å²) >= 11 is 0. The molecule has 0 radical (unpaired) electrons. The summed E-state index contributed by atoms with van der Waals surface area (Å²) in [5.74, 6) is 0.242. The highest BCUT2D eigenvalue weighted by molar-refractivity contribution is 5.89. The third-order valence-electron chi connectivity index (χ3n) is 3.81. The van der Waals surface area contributed by atoms with E-state index in [2.05, 4.69) is 11.8 Å². The largest absolute Gasteiger partial charge is 0.508 e. The highest BCUT2D eigenvalue weighted by Crippen LogP contribution is 2.35. The third-order valence-corrected chi connectivity index (χ3v) is 3.81. The van der Waals surface area contributed by atoms with Crippen molar-refractivity contribution in [1.29, 1.82) is 0 Å². The summed E-state index contributed by atoms with van der Waals surface area (Å²) in [4.78, 5) is 10.7. The molecule has 21 heavy (non-hydrogen) atoms. The van der Waals surface area contributed by atoms with Crippen LogP contribution < -0.4 is 0 Å². The predicted molar refractivity (Wildman–Crippen MR) is 86.3 cm³/mol. The molecule has 1 aliphatic carbocycles. The molecular formula is C18H15NO2. The van der Waals surface area contributed by atoms with Crippen molar-refractivity contribution < 1.29 is 5.11 Å². The maximum atomic E-state index is 10.7. The molecule has 0 amide bonds. The summed E-state index contributed by atoms with van der Waals surface area (Å²) in [7, 11) is 0. The lowest BCUT2D eigenvalue weighted by molar-refractivity contribution is 0.475. The standard InChI is InChI=1S/C18H15NO2/c1-11-7-13-9-15(19-21)3-5-17(13)12(2)8-14-10-16(20)4-6-18(11)14/h3-6,8-10,20H,1,7H2,2H3. The lowest BCUT2D eigenvalue weighted by atomic mass is 9.87. The van der Waals surface area contributed by atoms with Crippen LogP contribution in [0.2, 0.25) is 0 Å². The first-order valence-electron chi connectivity index (χ1n) is 6.74. The van der Waals surface area contributed by atoms with Crippen LogP contribution in [0.4, 0.5) is 5.69 Å². The van der Waals surface area contributed by atoms with Crippen molar-refractivity contribution in [3.63, 3.8) is 0 Å². The Kier molecular flexibility index (Phi) is 3.18. The number of fused-ring (bicyclic) bond motifs is 2. The Bertz CT molecular complexity index is 788. The van der Waals surface area contributed by atoms with Gasteiger partial charge in [-0.25, -0.2) is 0 Å². The van der Waals surface area contributed by atoms with Gasteiger partial charge >= 0.3 is 0 Å². The van der Waals surface area contributed by atoms with Gasteiger partial charge in [-0.15, -0.1) is 4.91 Å². The van der Waals surface area contributed by atoms with Crippen molar-refractivity contribution in [3.05, 3.63) is 70.1 Å². The van der Waals surface area contributed by atoms with E-state index in [1.807, 2.05) is 31.2 Å². The van der Waals surface area contributed by atoms with E-state index in [0.29, 0.717) is 12.1 Å². The average molecular weight is 277 g/mol. The molecular weight excluding hydrogens is 262 g/mol. The number of phenols is 1. The molecule has 3 nitrogen and oxygen atoms in total. The Morgan fingerprint density at radius 1 is 1.14 bits per heavy atom. The summed E-state index contributed by atoms with van der Waals surface area (Å²) in [6, 6.07) is 10.7. The van der Waals surface area contributed by atoms with Crippen LogP contribution in [0.5, 0.6) is 5.75 Å². The second kappa shape index (κ2) is 5.02. The van der Waals surface area contributed by atoms with Gasteiger partial charge in [0.1, 0.15) is 11.4 Å². The molecule has 3 heteroatoms. The minimum atomic E-state index is 0.242. The number of hydrogen-bond acceptors (Lipinski definition) is 3. The molecule has 0 aromatic heterocycles. The number of rotatable bonds is 1. The lowest BCUT2D eigenvalue weighted by Gasteiger charge is -2.18. The maximum Gasteiger partial charge on any atom is 0.116 e. The second-order valence-electron chi connectivity index (χ2n) is 5.31. The molecule has 0 spiro atoms. The zero-order chi connectivity index (χ0) is 15.0. The summed E-state index contributed by atoms with van der Waals surface area (Å²) < 4.78 is 0. The molecule has 0 aliphatic heterocycles. The van der Waals surface area contributed by atoms with Crippen molar-refractivity contribution in [2.75, 3.05) is 0 Å². The monoisotopic (exact) mass is 277 g/mol. The number of hydrogen-bond donors (Lipinski definition) is 1. The zero-order valence-electron chi connectivity index (χ0n) is 11.8. The van der Waals surface area contributed by atoms with Gasteiger partial charge in [0, 0.05) is 0 Å². The van der Waals surface area contributed by atoms with Crippen molar-refractivity contribution in [2.45, 2.75) is 13.3 Å². The Hall–Kier alpha value is -2.68. The van der Waals surface area contributed by atoms with Crippen molar-refractivity contribution in [2.24, 2.45) is 5.18 Å². The van der Waals surface area contributed by atoms with Crippen molar-refractivity contribution >= 4 is 22.9 Å². The number of benzene rings is 2. The molecule has 2 aromatic carbocycles. The predicted octanol–water partition coefficient (Wildman–Crippen LogP) is 4.92. The van der Waals surface area contributed by atoms with E-state index in [1.54, 1.807) is 18.2 Å². The minimum absolute atomic E-state index is 0.242. The van der Waals surface area contributed by atoms with Gasteiger partial charge in [0.05, 0.1) is 0 Å². The van der Waals surface area contributed by atoms with Crippen LogP contribution in [0, 0.1) is 4.91 Å². The van der Waals surface area contributed by atoms with Crippen LogP contribution in [-0.2, 0) is 6.42 Å². The van der Waals surface area contributed by atoms with E-state index >= 15 is 0 Å². The Morgan fingerprint density at radius 2 is 1.90 bits per heavy atom. The van der Waals surface area contributed by atoms with Gasteiger partial charge in [-0.1, -0.05) is 24.8 Å². The first-order chi connectivity index (χ1) is 10.1. The molecule has 0 saturated carbocycles. The van der Waals surface area contributed by atoms with Gasteiger partial charge in [-0.2, -0.15) is 0 Å². The summed E-state index contributed by atoms with van der Waals surface area (Å²) in [6.07, 6.45) is 2.69. The van der Waals surface area contributed by atoms with Gasteiger partial charge in [0.25, 0.3) is 0 Å². The molecule has 1 aliphatic rings. The first-order valence-corrected chi connectivity index (χ1v) is 6.74. The highest BCUT2D eigenvalue weighted by atomic mass is 16.3. The third kappa shape index (κ3) is 2.38. The van der Waals surface area contributed by atoms with Crippen molar-refractivity contribution in [1.82, 2.24) is 0 Å². The second-order valence-corrected chi connectivity index (χ2v) is 5.31. The van der Waals surface area contributed by atoms with E-state index < -0.39 is 0 Å². The minimum Gasteiger partial charge on any atom is -0.508 e. The van der Waals surface area contributed by atoms with Gasteiger partial charge < -0.3 is 5.11 Å². The maximum absolute atomic E-state index is 10.7. The quantitative estimate of drug-likeness (QED) is 0.752. The van der Waals surface area contributed by atoms with Gasteiger partial charge in [0.2, 0.25) is 0 Å². The molecule has 104 valence electrons. The summed E-state index contributed by atoms with van der Waals surface area (Å²) in [6.45, 7) is 6.17. The average Bonchev–Trinajstić information content (AvgIpc) is 2.45. The highest BCUT2D eigenvalue weighted by Gasteiger charge is 2.15. The fraction of sp³-hybridized carbons (Fsp3) is 0.111. The Morgan fingerprint density at radius 3 is 2.67 bits per heavy atom. The molecule has 0 fully saturated rings. The normalized spacial score (nSPS) is 13.6. The first kappa shape index (κ1) is 13.3. The van der Waals surface area contributed by atoms with Crippen LogP contribution in [0.3, 0.4) is 0 Å². The molecule has 0 saturated heterocycles. The Labute approximate surface area is 123 Å². The van der Waals surface area contributed by atoms with Crippen molar-refractivity contribution in [3.8, 4) is 5.75 Å². The molecule has 0 unspecified atom stereocenters. The molecule has 0 bridgehead atoms. The molecule has 0 atom stereocenters. The zero-order valence-corrected chi connectivity index (χ0v) is 11.8. The van der Waals surface area contributed by atoms with E-state index in [1.165, 1.54) is 0 Å². The summed E-state index contributed by atoms with van der Waals surface area (Å²) in [5.41, 5.74) is 6.57. The van der Waals surface area contributed by atoms with E-state index in [-0.39, 0.29) is 5.75 Å². The SMILES string of the molecule is C=C1Cc2cc(N=O)ccc2C(C)=Cc2cc(O)ccc21. The Balaban J connectivity index is 2.23. The molecule has 2 aromatic rings. The van der Waals surface area contributed by atoms with Crippen LogP contribution in [0.25, 0.3) is 17.2 Å². The van der Waals surface area contributed by atoms with E-state index in [4.69, 9.17) is 0 Å². The number of nitrogens with zero attached hydrogens (tertiary/aromatic N) is 1.